The fourth-order valence-corrected chi connectivity index (χ4v) is 3.08. The van der Waals surface area contributed by atoms with Gasteiger partial charge in [-0.05, 0) is 44.2 Å². The van der Waals surface area contributed by atoms with Crippen LogP contribution in [0, 0.1) is 5.41 Å². The molecule has 3 rings (SSSR count). The number of halogens is 1. The summed E-state index contributed by atoms with van der Waals surface area (Å²) < 4.78 is 5.87. The highest BCUT2D eigenvalue weighted by Gasteiger charge is 2.40. The summed E-state index contributed by atoms with van der Waals surface area (Å²) in [4.78, 5) is 13.4. The minimum Gasteiger partial charge on any atom is -0.481 e. The van der Waals surface area contributed by atoms with Crippen LogP contribution in [0.4, 0.5) is 0 Å². The number of hydrogen-bond acceptors (Lipinski definition) is 3. The molecule has 1 saturated heterocycles. The molecule has 2 heterocycles. The second-order valence-electron chi connectivity index (χ2n) is 6.07. The summed E-state index contributed by atoms with van der Waals surface area (Å²) in [6.45, 7) is 3.73. The molecule has 1 aromatic carbocycles. The maximum absolute atomic E-state index is 11.3. The summed E-state index contributed by atoms with van der Waals surface area (Å²) >= 11 is 6.17. The van der Waals surface area contributed by atoms with Crippen LogP contribution in [0.3, 0.4) is 0 Å². The van der Waals surface area contributed by atoms with E-state index in [0.717, 1.165) is 23.6 Å². The van der Waals surface area contributed by atoms with E-state index in [1.807, 2.05) is 36.4 Å². The maximum Gasteiger partial charge on any atom is 0.310 e. The second-order valence-corrected chi connectivity index (χ2v) is 6.48. The Morgan fingerprint density at radius 3 is 2.82 bits per heavy atom. The zero-order chi connectivity index (χ0) is 15.7. The van der Waals surface area contributed by atoms with Crippen LogP contribution < -0.4 is 0 Å². The number of carboxylic acid groups (broad SMARTS) is 1. The molecule has 0 radical (unpaired) electrons. The third-order valence-corrected chi connectivity index (χ3v) is 4.58. The molecule has 1 unspecified atom stereocenters. The molecule has 2 aromatic rings. The van der Waals surface area contributed by atoms with Gasteiger partial charge in [0.2, 0.25) is 0 Å². The summed E-state index contributed by atoms with van der Waals surface area (Å²) in [5.74, 6) is 0.830. The topological polar surface area (TPSA) is 53.7 Å². The molecule has 1 aliphatic rings. The Morgan fingerprint density at radius 2 is 2.14 bits per heavy atom. The molecule has 0 aliphatic carbocycles. The predicted molar refractivity (Wildman–Crippen MR) is 84.8 cm³/mol. The van der Waals surface area contributed by atoms with Crippen molar-refractivity contribution in [3.8, 4) is 11.3 Å². The fraction of sp³-hybridized carbons (Fsp3) is 0.353. The van der Waals surface area contributed by atoms with Crippen LogP contribution in [0.25, 0.3) is 11.3 Å². The molecular weight excluding hydrogens is 302 g/mol. The largest absolute Gasteiger partial charge is 0.481 e. The van der Waals surface area contributed by atoms with Gasteiger partial charge < -0.3 is 9.52 Å². The lowest BCUT2D eigenvalue weighted by molar-refractivity contribution is -0.147. The van der Waals surface area contributed by atoms with E-state index < -0.39 is 11.4 Å². The minimum atomic E-state index is -0.730. The zero-order valence-corrected chi connectivity index (χ0v) is 13.1. The highest BCUT2D eigenvalue weighted by atomic mass is 35.5. The predicted octanol–water partition coefficient (Wildman–Crippen LogP) is 3.90. The number of benzene rings is 1. The number of carbonyl (C=O) groups is 1. The van der Waals surface area contributed by atoms with Crippen LogP contribution in [-0.2, 0) is 11.3 Å². The molecule has 0 spiro atoms. The van der Waals surface area contributed by atoms with Gasteiger partial charge in [-0.25, -0.2) is 0 Å². The molecule has 1 N–H and O–H groups in total. The lowest BCUT2D eigenvalue weighted by atomic mass is 9.90. The molecule has 1 aromatic heterocycles. The average Bonchev–Trinajstić information content (AvgIpc) is 3.08. The van der Waals surface area contributed by atoms with Gasteiger partial charge in [0.1, 0.15) is 11.5 Å². The van der Waals surface area contributed by atoms with E-state index in [9.17, 15) is 9.90 Å². The third-order valence-electron chi connectivity index (χ3n) is 4.25. The molecule has 0 saturated carbocycles. The average molecular weight is 320 g/mol. The highest BCUT2D eigenvalue weighted by Crippen LogP contribution is 2.33. The first kappa shape index (κ1) is 15.1. The maximum atomic E-state index is 11.3. The van der Waals surface area contributed by atoms with Crippen LogP contribution >= 0.6 is 11.6 Å². The van der Waals surface area contributed by atoms with Crippen molar-refractivity contribution < 1.29 is 14.3 Å². The van der Waals surface area contributed by atoms with E-state index in [4.69, 9.17) is 16.0 Å². The number of rotatable bonds is 4. The van der Waals surface area contributed by atoms with Crippen molar-refractivity contribution in [3.63, 3.8) is 0 Å². The first-order chi connectivity index (χ1) is 10.5. The number of likely N-dealkylation sites (tertiary alicyclic amines) is 1. The van der Waals surface area contributed by atoms with Gasteiger partial charge >= 0.3 is 5.97 Å². The van der Waals surface area contributed by atoms with Gasteiger partial charge in [0, 0.05) is 12.1 Å². The normalized spacial score (nSPS) is 22.1. The third kappa shape index (κ3) is 2.89. The summed E-state index contributed by atoms with van der Waals surface area (Å²) in [6.07, 6.45) is 0.667. The van der Waals surface area contributed by atoms with Crippen LogP contribution in [0.2, 0.25) is 5.02 Å². The summed E-state index contributed by atoms with van der Waals surface area (Å²) in [6, 6.07) is 11.4. The van der Waals surface area contributed by atoms with Gasteiger partial charge in [-0.2, -0.15) is 0 Å². The Morgan fingerprint density at radius 1 is 1.36 bits per heavy atom. The van der Waals surface area contributed by atoms with Gasteiger partial charge in [0.25, 0.3) is 0 Å². The summed E-state index contributed by atoms with van der Waals surface area (Å²) in [5, 5.41) is 9.93. The molecular formula is C17H18ClNO3. The van der Waals surface area contributed by atoms with Gasteiger partial charge in [-0.1, -0.05) is 23.7 Å². The fourth-order valence-electron chi connectivity index (χ4n) is 2.86. The van der Waals surface area contributed by atoms with Gasteiger partial charge in [-0.3, -0.25) is 9.69 Å². The molecule has 0 bridgehead atoms. The highest BCUT2D eigenvalue weighted by molar-refractivity contribution is 6.33. The van der Waals surface area contributed by atoms with Crippen LogP contribution in [0.15, 0.2) is 40.8 Å². The Labute approximate surface area is 134 Å². The number of carboxylic acids is 1. The summed E-state index contributed by atoms with van der Waals surface area (Å²) in [5.41, 5.74) is 0.213. The van der Waals surface area contributed by atoms with Gasteiger partial charge in [0.15, 0.2) is 0 Å². The lowest BCUT2D eigenvalue weighted by Gasteiger charge is -2.19. The molecule has 4 nitrogen and oxygen atoms in total. The Balaban J connectivity index is 1.71. The lowest BCUT2D eigenvalue weighted by Crippen LogP contribution is -2.31. The summed E-state index contributed by atoms with van der Waals surface area (Å²) in [7, 11) is 0. The Bertz CT molecular complexity index is 697. The van der Waals surface area contributed by atoms with E-state index >= 15 is 0 Å². The van der Waals surface area contributed by atoms with E-state index in [1.54, 1.807) is 6.92 Å². The minimum absolute atomic E-state index is 0.546. The molecule has 116 valence electrons. The van der Waals surface area contributed by atoms with Gasteiger partial charge in [-0.15, -0.1) is 0 Å². The number of aliphatic carboxylic acids is 1. The van der Waals surface area contributed by atoms with Crippen LogP contribution in [0.5, 0.6) is 0 Å². The first-order valence-electron chi connectivity index (χ1n) is 7.27. The zero-order valence-electron chi connectivity index (χ0n) is 12.4. The Hall–Kier alpha value is -1.78. The van der Waals surface area contributed by atoms with Crippen molar-refractivity contribution in [3.05, 3.63) is 47.2 Å². The van der Waals surface area contributed by atoms with E-state index in [-0.39, 0.29) is 0 Å². The first-order valence-corrected chi connectivity index (χ1v) is 7.65. The Kier molecular flexibility index (Phi) is 3.98. The molecule has 1 fully saturated rings. The quantitative estimate of drug-likeness (QED) is 0.928. The number of furan rings is 1. The molecule has 22 heavy (non-hydrogen) atoms. The number of hydrogen-bond donors (Lipinski definition) is 1. The van der Waals surface area contributed by atoms with E-state index in [1.165, 1.54) is 0 Å². The molecule has 0 amide bonds. The SMILES string of the molecule is CC1(C(=O)O)CCN(Cc2ccc(-c3ccccc3Cl)o2)C1. The standard InChI is InChI=1S/C17H18ClNO3/c1-17(16(20)21)8-9-19(11-17)10-12-6-7-15(22-12)13-4-2-3-5-14(13)18/h2-7H,8-11H2,1H3,(H,20,21). The van der Waals surface area contributed by atoms with Crippen molar-refractivity contribution in [2.24, 2.45) is 5.41 Å². The molecule has 1 atom stereocenters. The van der Waals surface area contributed by atoms with Crippen molar-refractivity contribution in [2.75, 3.05) is 13.1 Å². The van der Waals surface area contributed by atoms with E-state index in [0.29, 0.717) is 24.5 Å². The van der Waals surface area contributed by atoms with Crippen molar-refractivity contribution in [1.82, 2.24) is 4.90 Å². The smallest absolute Gasteiger partial charge is 0.310 e. The molecule has 5 heteroatoms. The van der Waals surface area contributed by atoms with Crippen molar-refractivity contribution in [1.29, 1.82) is 0 Å². The van der Waals surface area contributed by atoms with Crippen LogP contribution in [-0.4, -0.2) is 29.1 Å². The van der Waals surface area contributed by atoms with E-state index in [2.05, 4.69) is 4.90 Å². The van der Waals surface area contributed by atoms with Crippen molar-refractivity contribution >= 4 is 17.6 Å². The molecule has 1 aliphatic heterocycles. The van der Waals surface area contributed by atoms with Crippen LogP contribution in [0.1, 0.15) is 19.1 Å². The van der Waals surface area contributed by atoms with Crippen molar-refractivity contribution in [2.45, 2.75) is 19.9 Å². The van der Waals surface area contributed by atoms with Gasteiger partial charge in [0.05, 0.1) is 17.0 Å². The second kappa shape index (κ2) is 5.78. The number of nitrogens with zero attached hydrogens (tertiary/aromatic N) is 1. The monoisotopic (exact) mass is 319 g/mol.